The van der Waals surface area contributed by atoms with Gasteiger partial charge in [0.05, 0.1) is 4.88 Å². The number of aryl methyl sites for hydroxylation is 3. The summed E-state index contributed by atoms with van der Waals surface area (Å²) in [5.74, 6) is 0.890. The smallest absolute Gasteiger partial charge is 0.261 e. The standard InChI is InChI=1S/C14H17N3OS/c1-4-10-15-8(3)11-7(2)12(19-14(11)17-10)13(18)16-9-5-6-9/h9H,4-6H2,1-3H3,(H,16,18). The minimum atomic E-state index is 0.0421. The maximum Gasteiger partial charge on any atom is 0.261 e. The van der Waals surface area contributed by atoms with Crippen molar-refractivity contribution < 1.29 is 4.79 Å². The third kappa shape index (κ3) is 2.23. The molecule has 0 saturated heterocycles. The minimum absolute atomic E-state index is 0.0421. The summed E-state index contributed by atoms with van der Waals surface area (Å²) < 4.78 is 0. The molecule has 0 aromatic carbocycles. The van der Waals surface area contributed by atoms with E-state index < -0.39 is 0 Å². The Bertz CT molecular complexity index is 658. The van der Waals surface area contributed by atoms with Crippen LogP contribution in [0.3, 0.4) is 0 Å². The van der Waals surface area contributed by atoms with Crippen LogP contribution in [0, 0.1) is 13.8 Å². The van der Waals surface area contributed by atoms with Crippen molar-refractivity contribution in [3.63, 3.8) is 0 Å². The fourth-order valence-corrected chi connectivity index (χ4v) is 3.40. The second-order valence-corrected chi connectivity index (χ2v) is 6.06. The van der Waals surface area contributed by atoms with Crippen LogP contribution in [0.5, 0.6) is 0 Å². The second-order valence-electron chi connectivity index (χ2n) is 5.06. The Morgan fingerprint density at radius 2 is 2.11 bits per heavy atom. The Morgan fingerprint density at radius 1 is 1.37 bits per heavy atom. The molecule has 1 fully saturated rings. The summed E-state index contributed by atoms with van der Waals surface area (Å²) in [5, 5.41) is 4.09. The van der Waals surface area contributed by atoms with E-state index in [9.17, 15) is 4.79 Å². The predicted molar refractivity (Wildman–Crippen MR) is 76.8 cm³/mol. The van der Waals surface area contributed by atoms with Gasteiger partial charge in [-0.2, -0.15) is 0 Å². The third-order valence-electron chi connectivity index (χ3n) is 3.45. The van der Waals surface area contributed by atoms with Gasteiger partial charge in [-0.3, -0.25) is 4.79 Å². The number of fused-ring (bicyclic) bond motifs is 1. The Morgan fingerprint density at radius 3 is 2.74 bits per heavy atom. The molecule has 0 atom stereocenters. The monoisotopic (exact) mass is 275 g/mol. The molecule has 0 aliphatic heterocycles. The molecule has 0 bridgehead atoms. The molecular formula is C14H17N3OS. The van der Waals surface area contributed by atoms with Gasteiger partial charge in [0, 0.05) is 23.5 Å². The number of rotatable bonds is 3. The molecule has 2 aromatic heterocycles. The molecule has 5 heteroatoms. The average Bonchev–Trinajstić information content (AvgIpc) is 3.12. The normalized spacial score (nSPS) is 14.9. The lowest BCUT2D eigenvalue weighted by molar-refractivity contribution is 0.0954. The third-order valence-corrected chi connectivity index (χ3v) is 4.64. The zero-order chi connectivity index (χ0) is 13.6. The van der Waals surface area contributed by atoms with Gasteiger partial charge in [-0.25, -0.2) is 9.97 Å². The van der Waals surface area contributed by atoms with Crippen LogP contribution in [0.1, 0.15) is 46.5 Å². The first kappa shape index (κ1) is 12.5. The van der Waals surface area contributed by atoms with Crippen LogP contribution in [0.15, 0.2) is 0 Å². The number of thiophene rings is 1. The molecule has 2 heterocycles. The van der Waals surface area contributed by atoms with E-state index in [1.165, 1.54) is 11.3 Å². The molecule has 2 aromatic rings. The number of carbonyl (C=O) groups excluding carboxylic acids is 1. The van der Waals surface area contributed by atoms with E-state index in [0.717, 1.165) is 51.4 Å². The molecule has 100 valence electrons. The fourth-order valence-electron chi connectivity index (χ4n) is 2.25. The number of amides is 1. The van der Waals surface area contributed by atoms with Crippen molar-refractivity contribution in [1.29, 1.82) is 0 Å². The van der Waals surface area contributed by atoms with E-state index in [4.69, 9.17) is 0 Å². The molecule has 1 aliphatic carbocycles. The van der Waals surface area contributed by atoms with Gasteiger partial charge in [0.2, 0.25) is 0 Å². The second kappa shape index (κ2) is 4.56. The summed E-state index contributed by atoms with van der Waals surface area (Å²) in [7, 11) is 0. The summed E-state index contributed by atoms with van der Waals surface area (Å²) in [6, 6.07) is 0.385. The SMILES string of the molecule is CCc1nc(C)c2c(C)c(C(=O)NC3CC3)sc2n1. The number of hydrogen-bond donors (Lipinski definition) is 1. The highest BCUT2D eigenvalue weighted by atomic mass is 32.1. The molecule has 0 unspecified atom stereocenters. The molecule has 1 amide bonds. The molecule has 1 saturated carbocycles. The lowest BCUT2D eigenvalue weighted by Crippen LogP contribution is -2.24. The van der Waals surface area contributed by atoms with Gasteiger partial charge in [-0.1, -0.05) is 6.92 Å². The highest BCUT2D eigenvalue weighted by Crippen LogP contribution is 2.32. The summed E-state index contributed by atoms with van der Waals surface area (Å²) >= 11 is 1.48. The zero-order valence-electron chi connectivity index (χ0n) is 11.4. The molecule has 0 spiro atoms. The van der Waals surface area contributed by atoms with E-state index in [1.807, 2.05) is 20.8 Å². The number of nitrogens with zero attached hydrogens (tertiary/aromatic N) is 2. The van der Waals surface area contributed by atoms with Crippen LogP contribution < -0.4 is 5.32 Å². The maximum atomic E-state index is 12.2. The minimum Gasteiger partial charge on any atom is -0.349 e. The average molecular weight is 275 g/mol. The van der Waals surface area contributed by atoms with Crippen molar-refractivity contribution in [2.45, 2.75) is 46.1 Å². The number of nitrogens with one attached hydrogen (secondary N) is 1. The van der Waals surface area contributed by atoms with Crippen molar-refractivity contribution in [3.05, 3.63) is 22.0 Å². The van der Waals surface area contributed by atoms with Crippen molar-refractivity contribution >= 4 is 27.5 Å². The van der Waals surface area contributed by atoms with Crippen molar-refractivity contribution in [2.24, 2.45) is 0 Å². The van der Waals surface area contributed by atoms with Gasteiger partial charge in [0.15, 0.2) is 0 Å². The van der Waals surface area contributed by atoms with Crippen LogP contribution in [-0.2, 0) is 6.42 Å². The molecule has 19 heavy (non-hydrogen) atoms. The van der Waals surface area contributed by atoms with Crippen LogP contribution >= 0.6 is 11.3 Å². The lowest BCUT2D eigenvalue weighted by atomic mass is 10.1. The molecule has 4 nitrogen and oxygen atoms in total. The van der Waals surface area contributed by atoms with Gasteiger partial charge in [-0.05, 0) is 32.3 Å². The van der Waals surface area contributed by atoms with Gasteiger partial charge in [0.25, 0.3) is 5.91 Å². The van der Waals surface area contributed by atoms with Crippen LogP contribution in [0.4, 0.5) is 0 Å². The lowest BCUT2D eigenvalue weighted by Gasteiger charge is -2.02. The van der Waals surface area contributed by atoms with Crippen molar-refractivity contribution in [2.75, 3.05) is 0 Å². The maximum absolute atomic E-state index is 12.2. The van der Waals surface area contributed by atoms with Gasteiger partial charge < -0.3 is 5.32 Å². The summed E-state index contributed by atoms with van der Waals surface area (Å²) in [6.45, 7) is 6.02. The molecular weight excluding hydrogens is 258 g/mol. The molecule has 3 rings (SSSR count). The zero-order valence-corrected chi connectivity index (χ0v) is 12.2. The van der Waals surface area contributed by atoms with Crippen molar-refractivity contribution in [1.82, 2.24) is 15.3 Å². The van der Waals surface area contributed by atoms with Crippen LogP contribution in [-0.4, -0.2) is 21.9 Å². The van der Waals surface area contributed by atoms with Gasteiger partial charge in [0.1, 0.15) is 10.7 Å². The van der Waals surface area contributed by atoms with E-state index in [-0.39, 0.29) is 5.91 Å². The Hall–Kier alpha value is -1.49. The molecule has 0 radical (unpaired) electrons. The fraction of sp³-hybridized carbons (Fsp3) is 0.500. The largest absolute Gasteiger partial charge is 0.349 e. The Kier molecular flexibility index (Phi) is 3.01. The number of carbonyl (C=O) groups is 1. The van der Waals surface area contributed by atoms with Gasteiger partial charge >= 0.3 is 0 Å². The highest BCUT2D eigenvalue weighted by molar-refractivity contribution is 7.20. The van der Waals surface area contributed by atoms with Crippen LogP contribution in [0.2, 0.25) is 0 Å². The van der Waals surface area contributed by atoms with E-state index in [2.05, 4.69) is 15.3 Å². The van der Waals surface area contributed by atoms with Crippen LogP contribution in [0.25, 0.3) is 10.2 Å². The molecule has 1 N–H and O–H groups in total. The quantitative estimate of drug-likeness (QED) is 0.937. The summed E-state index contributed by atoms with van der Waals surface area (Å²) in [6.07, 6.45) is 3.03. The summed E-state index contributed by atoms with van der Waals surface area (Å²) in [4.78, 5) is 23.0. The first-order chi connectivity index (χ1) is 9.10. The van der Waals surface area contributed by atoms with Gasteiger partial charge in [-0.15, -0.1) is 11.3 Å². The number of hydrogen-bond acceptors (Lipinski definition) is 4. The van der Waals surface area contributed by atoms with E-state index >= 15 is 0 Å². The van der Waals surface area contributed by atoms with E-state index in [0.29, 0.717) is 6.04 Å². The topological polar surface area (TPSA) is 54.9 Å². The summed E-state index contributed by atoms with van der Waals surface area (Å²) in [5.41, 5.74) is 1.99. The van der Waals surface area contributed by atoms with Crippen molar-refractivity contribution in [3.8, 4) is 0 Å². The molecule has 1 aliphatic rings. The first-order valence-electron chi connectivity index (χ1n) is 6.67. The number of aromatic nitrogens is 2. The first-order valence-corrected chi connectivity index (χ1v) is 7.49. The Labute approximate surface area is 116 Å². The van der Waals surface area contributed by atoms with E-state index in [1.54, 1.807) is 0 Å². The highest BCUT2D eigenvalue weighted by Gasteiger charge is 2.26. The Balaban J connectivity index is 2.08. The predicted octanol–water partition coefficient (Wildman–Crippen LogP) is 2.76.